The summed E-state index contributed by atoms with van der Waals surface area (Å²) in [5, 5.41) is 0. The summed E-state index contributed by atoms with van der Waals surface area (Å²) in [6.45, 7) is 8.78. The normalized spacial score (nSPS) is 29.0. The fourth-order valence-corrected chi connectivity index (χ4v) is 0.950. The van der Waals surface area contributed by atoms with Crippen LogP contribution in [0.25, 0.3) is 0 Å². The molecule has 0 fully saturated rings. The van der Waals surface area contributed by atoms with E-state index in [4.69, 9.17) is 0 Å². The Morgan fingerprint density at radius 2 is 1.83 bits per heavy atom. The number of aliphatic imine (C=N–C) groups is 2. The Labute approximate surface area is 74.1 Å². The lowest BCUT2D eigenvalue weighted by Crippen LogP contribution is -2.32. The minimum absolute atomic E-state index is 0.00347. The molecule has 0 aromatic rings. The van der Waals surface area contributed by atoms with Crippen molar-refractivity contribution in [2.24, 2.45) is 20.8 Å². The van der Waals surface area contributed by atoms with Crippen LogP contribution >= 0.6 is 0 Å². The molecule has 0 radical (unpaired) electrons. The molecule has 2 nitrogen and oxygen atoms in total. The Balaban J connectivity index is 2.99. The molecule has 2 heteroatoms. The first-order valence-electron chi connectivity index (χ1n) is 4.19. The minimum atomic E-state index is 0.00347. The van der Waals surface area contributed by atoms with Gasteiger partial charge in [-0.15, -0.1) is 0 Å². The molecule has 0 aromatic heterocycles. The van der Waals surface area contributed by atoms with E-state index in [0.29, 0.717) is 0 Å². The molecular weight excluding hydrogens is 148 g/mol. The molecule has 0 bridgehead atoms. The Morgan fingerprint density at radius 3 is 2.42 bits per heavy atom. The van der Waals surface area contributed by atoms with Crippen LogP contribution in [0.5, 0.6) is 0 Å². The quantitative estimate of drug-likeness (QED) is 0.526. The maximum Gasteiger partial charge on any atom is 0.114 e. The van der Waals surface area contributed by atoms with E-state index in [1.165, 1.54) is 0 Å². The molecule has 0 aromatic carbocycles. The first-order valence-corrected chi connectivity index (χ1v) is 4.19. The molecule has 1 rings (SSSR count). The van der Waals surface area contributed by atoms with Crippen molar-refractivity contribution in [3.63, 3.8) is 0 Å². The van der Waals surface area contributed by atoms with Crippen LogP contribution in [-0.4, -0.2) is 12.6 Å². The standard InChI is InChI=1S/C10H16N2/c1-9(2,3)10(4)5-6-11-8-12-7-10/h5-8H,1-4H3. The highest BCUT2D eigenvalue weighted by Crippen LogP contribution is 2.38. The molecule has 66 valence electrons. The molecule has 1 unspecified atom stereocenters. The van der Waals surface area contributed by atoms with Crippen molar-refractivity contribution in [3.8, 4) is 0 Å². The van der Waals surface area contributed by atoms with Crippen LogP contribution in [0, 0.1) is 10.8 Å². The Hall–Kier alpha value is -0.920. The van der Waals surface area contributed by atoms with Crippen molar-refractivity contribution in [1.82, 2.24) is 0 Å². The van der Waals surface area contributed by atoms with Gasteiger partial charge in [0, 0.05) is 17.8 Å². The van der Waals surface area contributed by atoms with Crippen LogP contribution in [0.15, 0.2) is 22.3 Å². The van der Waals surface area contributed by atoms with E-state index in [2.05, 4.69) is 43.8 Å². The number of hydrogen-bond acceptors (Lipinski definition) is 2. The molecule has 1 atom stereocenters. The molecular formula is C10H16N2. The number of nitrogens with zero attached hydrogens (tertiary/aromatic N) is 2. The number of rotatable bonds is 0. The second-order valence-corrected chi connectivity index (χ2v) is 4.39. The number of allylic oxidation sites excluding steroid dienone is 1. The number of hydrogen-bond donors (Lipinski definition) is 0. The summed E-state index contributed by atoms with van der Waals surface area (Å²) in [4.78, 5) is 8.09. The van der Waals surface area contributed by atoms with Crippen molar-refractivity contribution < 1.29 is 0 Å². The van der Waals surface area contributed by atoms with E-state index < -0.39 is 0 Å². The van der Waals surface area contributed by atoms with E-state index in [1.807, 2.05) is 12.4 Å². The third-order valence-electron chi connectivity index (χ3n) is 2.60. The molecule has 0 N–H and O–H groups in total. The first-order chi connectivity index (χ1) is 5.46. The van der Waals surface area contributed by atoms with Crippen LogP contribution in [-0.2, 0) is 0 Å². The van der Waals surface area contributed by atoms with E-state index in [-0.39, 0.29) is 10.8 Å². The maximum absolute atomic E-state index is 4.11. The summed E-state index contributed by atoms with van der Waals surface area (Å²) in [5.41, 5.74) is 0.185. The predicted octanol–water partition coefficient (Wildman–Crippen LogP) is 2.67. The fourth-order valence-electron chi connectivity index (χ4n) is 0.950. The van der Waals surface area contributed by atoms with Crippen molar-refractivity contribution in [1.29, 1.82) is 0 Å². The Morgan fingerprint density at radius 1 is 1.17 bits per heavy atom. The molecule has 1 heterocycles. The van der Waals surface area contributed by atoms with Gasteiger partial charge in [0.1, 0.15) is 6.34 Å². The van der Waals surface area contributed by atoms with Gasteiger partial charge in [-0.05, 0) is 5.41 Å². The Kier molecular flexibility index (Phi) is 2.18. The van der Waals surface area contributed by atoms with Crippen molar-refractivity contribution >= 4 is 12.6 Å². The average Bonchev–Trinajstić information content (AvgIpc) is 2.12. The van der Waals surface area contributed by atoms with Gasteiger partial charge in [0.15, 0.2) is 0 Å². The van der Waals surface area contributed by atoms with Gasteiger partial charge in [-0.2, -0.15) is 0 Å². The largest absolute Gasteiger partial charge is 0.248 e. The molecule has 0 amide bonds. The van der Waals surface area contributed by atoms with Crippen LogP contribution in [0.3, 0.4) is 0 Å². The van der Waals surface area contributed by atoms with Gasteiger partial charge in [0.05, 0.1) is 0 Å². The van der Waals surface area contributed by atoms with Gasteiger partial charge in [-0.1, -0.05) is 33.8 Å². The monoisotopic (exact) mass is 164 g/mol. The zero-order valence-electron chi connectivity index (χ0n) is 8.20. The first kappa shape index (κ1) is 9.17. The summed E-state index contributed by atoms with van der Waals surface area (Å²) < 4.78 is 0. The van der Waals surface area contributed by atoms with E-state index >= 15 is 0 Å². The van der Waals surface area contributed by atoms with Crippen molar-refractivity contribution in [3.05, 3.63) is 12.3 Å². The zero-order chi connectivity index (χ0) is 9.24. The molecule has 1 aliphatic rings. The third kappa shape index (κ3) is 1.63. The second-order valence-electron chi connectivity index (χ2n) is 4.39. The van der Waals surface area contributed by atoms with Gasteiger partial charge in [-0.25, -0.2) is 9.98 Å². The van der Waals surface area contributed by atoms with Crippen molar-refractivity contribution in [2.45, 2.75) is 27.7 Å². The third-order valence-corrected chi connectivity index (χ3v) is 2.60. The average molecular weight is 164 g/mol. The van der Waals surface area contributed by atoms with Gasteiger partial charge >= 0.3 is 0 Å². The van der Waals surface area contributed by atoms with E-state index in [1.54, 1.807) is 6.34 Å². The summed E-state index contributed by atoms with van der Waals surface area (Å²) in [7, 11) is 0. The molecule has 0 spiro atoms. The van der Waals surface area contributed by atoms with Crippen LogP contribution < -0.4 is 0 Å². The van der Waals surface area contributed by atoms with Gasteiger partial charge in [0.25, 0.3) is 0 Å². The second kappa shape index (κ2) is 2.85. The van der Waals surface area contributed by atoms with Crippen LogP contribution in [0.4, 0.5) is 0 Å². The van der Waals surface area contributed by atoms with Gasteiger partial charge < -0.3 is 0 Å². The molecule has 0 aliphatic carbocycles. The SMILES string of the molecule is CC(C)(C)C1(C)C=CN=CN=C1. The smallest absolute Gasteiger partial charge is 0.114 e. The van der Waals surface area contributed by atoms with E-state index in [9.17, 15) is 0 Å². The summed E-state index contributed by atoms with van der Waals surface area (Å²) >= 11 is 0. The molecule has 1 aliphatic heterocycles. The minimum Gasteiger partial charge on any atom is -0.248 e. The van der Waals surface area contributed by atoms with Crippen molar-refractivity contribution in [2.75, 3.05) is 0 Å². The highest BCUT2D eigenvalue weighted by Gasteiger charge is 2.33. The van der Waals surface area contributed by atoms with Gasteiger partial charge in [-0.3, -0.25) is 0 Å². The highest BCUT2D eigenvalue weighted by molar-refractivity contribution is 5.79. The van der Waals surface area contributed by atoms with Crippen LogP contribution in [0.2, 0.25) is 0 Å². The predicted molar refractivity (Wildman–Crippen MR) is 53.7 cm³/mol. The zero-order valence-corrected chi connectivity index (χ0v) is 8.20. The lowest BCUT2D eigenvalue weighted by atomic mass is 9.69. The Bertz CT molecular complexity index is 225. The lowest BCUT2D eigenvalue weighted by Gasteiger charge is -2.35. The van der Waals surface area contributed by atoms with Gasteiger partial charge in [0.2, 0.25) is 0 Å². The molecule has 0 saturated carbocycles. The lowest BCUT2D eigenvalue weighted by molar-refractivity contribution is 0.257. The van der Waals surface area contributed by atoms with E-state index in [0.717, 1.165) is 0 Å². The molecule has 0 saturated heterocycles. The topological polar surface area (TPSA) is 24.7 Å². The summed E-state index contributed by atoms with van der Waals surface area (Å²) in [5.74, 6) is 0. The summed E-state index contributed by atoms with van der Waals surface area (Å²) in [6, 6.07) is 0. The molecule has 12 heavy (non-hydrogen) atoms. The fraction of sp³-hybridized carbons (Fsp3) is 0.600. The summed E-state index contributed by atoms with van der Waals surface area (Å²) in [6.07, 6.45) is 7.45. The van der Waals surface area contributed by atoms with Crippen LogP contribution in [0.1, 0.15) is 27.7 Å². The maximum atomic E-state index is 4.11. The highest BCUT2D eigenvalue weighted by atomic mass is 14.9.